The summed E-state index contributed by atoms with van der Waals surface area (Å²) in [7, 11) is -0.982. The van der Waals surface area contributed by atoms with Gasteiger partial charge in [0.1, 0.15) is 0 Å². The van der Waals surface area contributed by atoms with Crippen molar-refractivity contribution in [3.05, 3.63) is 65.7 Å². The van der Waals surface area contributed by atoms with E-state index in [1.807, 2.05) is 61.5 Å². The molecule has 128 valence electrons. The summed E-state index contributed by atoms with van der Waals surface area (Å²) in [6, 6.07) is 17.3. The van der Waals surface area contributed by atoms with Gasteiger partial charge in [0.25, 0.3) is 0 Å². The largest absolute Gasteiger partial charge is 0.381 e. The van der Waals surface area contributed by atoms with Crippen LogP contribution in [-0.4, -0.2) is 23.3 Å². The van der Waals surface area contributed by atoms with Crippen LogP contribution in [-0.2, 0) is 31.8 Å². The number of anilines is 1. The monoisotopic (exact) mass is 345 g/mol. The van der Waals surface area contributed by atoms with Crippen molar-refractivity contribution in [1.29, 1.82) is 0 Å². The molecule has 5 heteroatoms. The van der Waals surface area contributed by atoms with Crippen molar-refractivity contribution in [3.63, 3.8) is 0 Å². The van der Waals surface area contributed by atoms with Gasteiger partial charge in [-0.05, 0) is 30.2 Å². The van der Waals surface area contributed by atoms with Crippen molar-refractivity contribution in [2.45, 2.75) is 24.9 Å². The third-order valence-electron chi connectivity index (χ3n) is 3.39. The molecule has 0 radical (unpaired) electrons. The fourth-order valence-corrected chi connectivity index (χ4v) is 3.49. The second-order valence-corrected chi connectivity index (χ2v) is 6.87. The number of rotatable bonds is 9. The molecule has 1 amide bonds. The molecule has 2 rings (SSSR count). The zero-order valence-electron chi connectivity index (χ0n) is 13.9. The minimum absolute atomic E-state index is 0.0778. The van der Waals surface area contributed by atoms with Crippen molar-refractivity contribution < 1.29 is 13.7 Å². The highest BCUT2D eigenvalue weighted by atomic mass is 32.2. The summed E-state index contributed by atoms with van der Waals surface area (Å²) in [5, 5.41) is 2.85. The van der Waals surface area contributed by atoms with Crippen LogP contribution in [0.3, 0.4) is 0 Å². The van der Waals surface area contributed by atoms with Gasteiger partial charge in [-0.3, -0.25) is 9.00 Å². The summed E-state index contributed by atoms with van der Waals surface area (Å²) in [6.45, 7) is 2.93. The average Bonchev–Trinajstić information content (AvgIpc) is 2.56. The van der Waals surface area contributed by atoms with Crippen molar-refractivity contribution in [2.75, 3.05) is 18.5 Å². The first-order valence-electron chi connectivity index (χ1n) is 8.03. The maximum atomic E-state index is 12.3. The smallest absolute Gasteiger partial charge is 0.226 e. The highest BCUT2D eigenvalue weighted by Crippen LogP contribution is 2.14. The first-order chi connectivity index (χ1) is 11.7. The fourth-order valence-electron chi connectivity index (χ4n) is 2.27. The molecule has 0 bridgehead atoms. The summed E-state index contributed by atoms with van der Waals surface area (Å²) in [5.74, 6) is 0.926. The molecule has 0 spiro atoms. The van der Waals surface area contributed by atoms with Gasteiger partial charge in [0.05, 0.1) is 13.0 Å². The Balaban J connectivity index is 1.87. The van der Waals surface area contributed by atoms with Gasteiger partial charge < -0.3 is 10.1 Å². The second-order valence-electron chi connectivity index (χ2n) is 5.41. The van der Waals surface area contributed by atoms with E-state index in [1.54, 1.807) is 0 Å². The maximum Gasteiger partial charge on any atom is 0.226 e. The van der Waals surface area contributed by atoms with Crippen molar-refractivity contribution in [1.82, 2.24) is 0 Å². The Morgan fingerprint density at radius 3 is 2.50 bits per heavy atom. The second kappa shape index (κ2) is 10.0. The molecule has 0 aliphatic rings. The first-order valence-corrected chi connectivity index (χ1v) is 9.51. The molecule has 0 aliphatic carbocycles. The zero-order chi connectivity index (χ0) is 17.2. The molecule has 1 atom stereocenters. The van der Waals surface area contributed by atoms with Crippen LogP contribution in [0.5, 0.6) is 0 Å². The van der Waals surface area contributed by atoms with Crippen LogP contribution < -0.4 is 5.32 Å². The number of carbonyl (C=O) groups excluding carboxylic acids is 1. The van der Waals surface area contributed by atoms with Crippen molar-refractivity contribution >= 4 is 22.4 Å². The highest BCUT2D eigenvalue weighted by Gasteiger charge is 2.06. The van der Waals surface area contributed by atoms with E-state index in [1.165, 1.54) is 0 Å². The molecule has 0 fully saturated rings. The Morgan fingerprint density at radius 2 is 1.75 bits per heavy atom. The SMILES string of the molecule is CCOCCC(=O)Nc1cccc(C[S@](=O)Cc2ccccc2)c1. The Labute approximate surface area is 145 Å². The minimum Gasteiger partial charge on any atom is -0.381 e. The first kappa shape index (κ1) is 18.4. The summed E-state index contributed by atoms with van der Waals surface area (Å²) < 4.78 is 17.5. The number of benzene rings is 2. The van der Waals surface area contributed by atoms with E-state index in [4.69, 9.17) is 4.74 Å². The Kier molecular flexibility index (Phi) is 7.65. The summed E-state index contributed by atoms with van der Waals surface area (Å²) in [5.41, 5.74) is 2.74. The van der Waals surface area contributed by atoms with E-state index in [-0.39, 0.29) is 5.91 Å². The quantitative estimate of drug-likeness (QED) is 0.708. The lowest BCUT2D eigenvalue weighted by atomic mass is 10.2. The fraction of sp³-hybridized carbons (Fsp3) is 0.316. The number of ether oxygens (including phenoxy) is 1. The van der Waals surface area contributed by atoms with Gasteiger partial charge in [0.2, 0.25) is 5.91 Å². The van der Waals surface area contributed by atoms with Crippen LogP contribution in [0.15, 0.2) is 54.6 Å². The molecule has 2 aromatic rings. The Morgan fingerprint density at radius 1 is 1.04 bits per heavy atom. The van der Waals surface area contributed by atoms with Crippen LogP contribution >= 0.6 is 0 Å². The van der Waals surface area contributed by atoms with Gasteiger partial charge in [0, 0.05) is 34.6 Å². The molecule has 0 aliphatic heterocycles. The third kappa shape index (κ3) is 6.64. The van der Waals surface area contributed by atoms with Crippen molar-refractivity contribution in [3.8, 4) is 0 Å². The zero-order valence-corrected chi connectivity index (χ0v) is 14.7. The lowest BCUT2D eigenvalue weighted by Gasteiger charge is -2.08. The summed E-state index contributed by atoms with van der Waals surface area (Å²) in [4.78, 5) is 11.8. The summed E-state index contributed by atoms with van der Waals surface area (Å²) in [6.07, 6.45) is 0.331. The van der Waals surface area contributed by atoms with Gasteiger partial charge in [-0.15, -0.1) is 0 Å². The predicted molar refractivity (Wildman–Crippen MR) is 98.2 cm³/mol. The van der Waals surface area contributed by atoms with E-state index in [0.717, 1.165) is 16.8 Å². The number of hydrogen-bond acceptors (Lipinski definition) is 3. The van der Waals surface area contributed by atoms with Crippen LogP contribution in [0.2, 0.25) is 0 Å². The van der Waals surface area contributed by atoms with Crippen LogP contribution in [0, 0.1) is 0 Å². The lowest BCUT2D eigenvalue weighted by Crippen LogP contribution is -2.14. The van der Waals surface area contributed by atoms with Gasteiger partial charge >= 0.3 is 0 Å². The molecular weight excluding hydrogens is 322 g/mol. The summed E-state index contributed by atoms with van der Waals surface area (Å²) >= 11 is 0. The van der Waals surface area contributed by atoms with Crippen LogP contribution in [0.25, 0.3) is 0 Å². The van der Waals surface area contributed by atoms with Gasteiger partial charge in [0.15, 0.2) is 0 Å². The van der Waals surface area contributed by atoms with Crippen molar-refractivity contribution in [2.24, 2.45) is 0 Å². The van der Waals surface area contributed by atoms with Gasteiger partial charge in [-0.25, -0.2) is 0 Å². The molecular formula is C19H23NO3S. The lowest BCUT2D eigenvalue weighted by molar-refractivity contribution is -0.117. The topological polar surface area (TPSA) is 55.4 Å². The average molecular weight is 345 g/mol. The normalized spacial score (nSPS) is 11.9. The van der Waals surface area contributed by atoms with Gasteiger partial charge in [-0.2, -0.15) is 0 Å². The van der Waals surface area contributed by atoms with Gasteiger partial charge in [-0.1, -0.05) is 42.5 Å². The molecule has 0 saturated carbocycles. The molecule has 1 N–H and O–H groups in total. The highest BCUT2D eigenvalue weighted by molar-refractivity contribution is 7.83. The van der Waals surface area contributed by atoms with E-state index in [9.17, 15) is 9.00 Å². The number of carbonyl (C=O) groups is 1. The van der Waals surface area contributed by atoms with Crippen LogP contribution in [0.1, 0.15) is 24.5 Å². The van der Waals surface area contributed by atoms with E-state index >= 15 is 0 Å². The molecule has 4 nitrogen and oxygen atoms in total. The third-order valence-corrected chi connectivity index (χ3v) is 4.70. The minimum atomic E-state index is -0.982. The number of hydrogen-bond donors (Lipinski definition) is 1. The molecule has 0 aromatic heterocycles. The predicted octanol–water partition coefficient (Wildman–Crippen LogP) is 3.50. The molecule has 0 unspecified atom stereocenters. The van der Waals surface area contributed by atoms with E-state index < -0.39 is 10.8 Å². The molecule has 2 aromatic carbocycles. The maximum absolute atomic E-state index is 12.3. The Hall–Kier alpha value is -1.98. The van der Waals surface area contributed by atoms with Crippen LogP contribution in [0.4, 0.5) is 5.69 Å². The van der Waals surface area contributed by atoms with E-state index in [2.05, 4.69) is 5.32 Å². The van der Waals surface area contributed by atoms with E-state index in [0.29, 0.717) is 31.1 Å². The Bertz CT molecular complexity index is 673. The molecule has 0 saturated heterocycles. The molecule has 0 heterocycles. The number of amides is 1. The number of nitrogens with one attached hydrogen (secondary N) is 1. The molecule has 24 heavy (non-hydrogen) atoms. The standard InChI is InChI=1S/C19H23NO3S/c1-2-23-12-11-19(21)20-18-10-6-9-17(13-18)15-24(22)14-16-7-4-3-5-8-16/h3-10,13H,2,11-12,14-15H2,1H3,(H,20,21)/t24-/m1/s1.